The Kier molecular flexibility index (Phi) is 4.55. The standard InChI is InChI=1S/C13H9BrFNO2S/c14-11-6-9(15)4-3-8(11)7-19-12-10(13(17)18)2-1-5-16-12/h1-6H,7H2,(H,17,18). The van der Waals surface area contributed by atoms with Crippen LogP contribution in [0.15, 0.2) is 46.0 Å². The monoisotopic (exact) mass is 341 g/mol. The first-order chi connectivity index (χ1) is 9.08. The van der Waals surface area contributed by atoms with Gasteiger partial charge in [-0.2, -0.15) is 0 Å². The molecule has 1 aromatic heterocycles. The number of aromatic carboxylic acids is 1. The van der Waals surface area contributed by atoms with Crippen LogP contribution in [0.5, 0.6) is 0 Å². The normalized spacial score (nSPS) is 10.4. The molecule has 0 saturated carbocycles. The number of thioether (sulfide) groups is 1. The van der Waals surface area contributed by atoms with E-state index >= 15 is 0 Å². The van der Waals surface area contributed by atoms with Crippen LogP contribution in [-0.2, 0) is 5.75 Å². The average molecular weight is 342 g/mol. The second kappa shape index (κ2) is 6.16. The lowest BCUT2D eigenvalue weighted by atomic mass is 10.2. The van der Waals surface area contributed by atoms with Crippen LogP contribution in [0.25, 0.3) is 0 Å². The summed E-state index contributed by atoms with van der Waals surface area (Å²) in [5.74, 6) is -0.809. The highest BCUT2D eigenvalue weighted by atomic mass is 79.9. The second-order valence-corrected chi connectivity index (χ2v) is 5.50. The highest BCUT2D eigenvalue weighted by Gasteiger charge is 2.11. The predicted molar refractivity (Wildman–Crippen MR) is 74.9 cm³/mol. The van der Waals surface area contributed by atoms with Crippen LogP contribution < -0.4 is 0 Å². The van der Waals surface area contributed by atoms with Gasteiger partial charge in [0.2, 0.25) is 0 Å². The van der Waals surface area contributed by atoms with E-state index in [2.05, 4.69) is 20.9 Å². The molecule has 1 heterocycles. The zero-order valence-electron chi connectivity index (χ0n) is 9.64. The van der Waals surface area contributed by atoms with Crippen molar-refractivity contribution in [2.24, 2.45) is 0 Å². The molecular weight excluding hydrogens is 333 g/mol. The third-order valence-corrected chi connectivity index (χ3v) is 4.17. The molecule has 1 N–H and O–H groups in total. The van der Waals surface area contributed by atoms with Gasteiger partial charge in [0, 0.05) is 16.4 Å². The molecule has 0 aliphatic rings. The number of pyridine rings is 1. The van der Waals surface area contributed by atoms with E-state index in [4.69, 9.17) is 5.11 Å². The van der Waals surface area contributed by atoms with Crippen LogP contribution in [0.3, 0.4) is 0 Å². The fraction of sp³-hybridized carbons (Fsp3) is 0.0769. The molecule has 0 unspecified atom stereocenters. The van der Waals surface area contributed by atoms with Gasteiger partial charge in [0.25, 0.3) is 0 Å². The Morgan fingerprint density at radius 3 is 2.89 bits per heavy atom. The Balaban J connectivity index is 2.17. The van der Waals surface area contributed by atoms with Crippen LogP contribution >= 0.6 is 27.7 Å². The number of nitrogens with zero attached hydrogens (tertiary/aromatic N) is 1. The molecule has 98 valence electrons. The van der Waals surface area contributed by atoms with Gasteiger partial charge in [0.05, 0.1) is 5.56 Å². The zero-order valence-corrected chi connectivity index (χ0v) is 12.0. The number of rotatable bonds is 4. The summed E-state index contributed by atoms with van der Waals surface area (Å²) in [7, 11) is 0. The van der Waals surface area contributed by atoms with Gasteiger partial charge in [-0.1, -0.05) is 22.0 Å². The molecule has 19 heavy (non-hydrogen) atoms. The molecule has 0 saturated heterocycles. The molecular formula is C13H9BrFNO2S. The van der Waals surface area contributed by atoms with E-state index in [0.29, 0.717) is 15.3 Å². The predicted octanol–water partition coefficient (Wildman–Crippen LogP) is 3.97. The molecule has 1 aromatic carbocycles. The summed E-state index contributed by atoms with van der Waals surface area (Å²) in [6, 6.07) is 7.51. The van der Waals surface area contributed by atoms with E-state index in [9.17, 15) is 9.18 Å². The minimum atomic E-state index is -1.01. The highest BCUT2D eigenvalue weighted by Crippen LogP contribution is 2.28. The summed E-state index contributed by atoms with van der Waals surface area (Å²) in [6.07, 6.45) is 1.55. The topological polar surface area (TPSA) is 50.2 Å². The number of aromatic nitrogens is 1. The number of carboxylic acids is 1. The van der Waals surface area contributed by atoms with Crippen LogP contribution in [0.2, 0.25) is 0 Å². The van der Waals surface area contributed by atoms with E-state index in [-0.39, 0.29) is 11.4 Å². The first-order valence-electron chi connectivity index (χ1n) is 5.33. The van der Waals surface area contributed by atoms with Gasteiger partial charge in [0.15, 0.2) is 0 Å². The number of hydrogen-bond acceptors (Lipinski definition) is 3. The maximum Gasteiger partial charge on any atom is 0.338 e. The maximum absolute atomic E-state index is 13.0. The van der Waals surface area contributed by atoms with Crippen molar-refractivity contribution in [3.05, 3.63) is 57.9 Å². The molecule has 0 fully saturated rings. The Bertz CT molecular complexity index is 621. The quantitative estimate of drug-likeness (QED) is 0.854. The fourth-order valence-electron chi connectivity index (χ4n) is 1.45. The van der Waals surface area contributed by atoms with Gasteiger partial charge in [-0.3, -0.25) is 0 Å². The molecule has 2 aromatic rings. The van der Waals surface area contributed by atoms with Gasteiger partial charge < -0.3 is 5.11 Å². The first-order valence-corrected chi connectivity index (χ1v) is 7.11. The number of halogens is 2. The Morgan fingerprint density at radius 2 is 2.21 bits per heavy atom. The second-order valence-electron chi connectivity index (χ2n) is 3.69. The molecule has 0 radical (unpaired) electrons. The summed E-state index contributed by atoms with van der Waals surface area (Å²) < 4.78 is 13.6. The SMILES string of the molecule is O=C(O)c1cccnc1SCc1ccc(F)cc1Br. The summed E-state index contributed by atoms with van der Waals surface area (Å²) in [6.45, 7) is 0. The largest absolute Gasteiger partial charge is 0.478 e. The molecule has 0 aliphatic heterocycles. The van der Waals surface area contributed by atoms with Gasteiger partial charge in [-0.15, -0.1) is 11.8 Å². The first kappa shape index (κ1) is 14.0. The minimum absolute atomic E-state index is 0.172. The van der Waals surface area contributed by atoms with Gasteiger partial charge in [-0.25, -0.2) is 14.2 Å². The third-order valence-electron chi connectivity index (χ3n) is 2.38. The molecule has 0 spiro atoms. The van der Waals surface area contributed by atoms with Crippen molar-refractivity contribution < 1.29 is 14.3 Å². The summed E-state index contributed by atoms with van der Waals surface area (Å²) in [5, 5.41) is 9.49. The van der Waals surface area contributed by atoms with Crippen LogP contribution in [0.4, 0.5) is 4.39 Å². The van der Waals surface area contributed by atoms with Crippen molar-refractivity contribution in [1.82, 2.24) is 4.98 Å². The minimum Gasteiger partial charge on any atom is -0.478 e. The van der Waals surface area contributed by atoms with E-state index < -0.39 is 5.97 Å². The molecule has 0 amide bonds. The zero-order chi connectivity index (χ0) is 13.8. The molecule has 6 heteroatoms. The lowest BCUT2D eigenvalue weighted by Crippen LogP contribution is -2.00. The summed E-state index contributed by atoms with van der Waals surface area (Å²) in [4.78, 5) is 15.1. The molecule has 3 nitrogen and oxygen atoms in total. The third kappa shape index (κ3) is 3.54. The summed E-state index contributed by atoms with van der Waals surface area (Å²) in [5.41, 5.74) is 1.05. The van der Waals surface area contributed by atoms with E-state index in [1.807, 2.05) is 0 Å². The lowest BCUT2D eigenvalue weighted by Gasteiger charge is -2.06. The van der Waals surface area contributed by atoms with Crippen molar-refractivity contribution in [1.29, 1.82) is 0 Å². The number of carboxylic acid groups (broad SMARTS) is 1. The van der Waals surface area contributed by atoms with E-state index in [1.165, 1.54) is 30.0 Å². The fourth-order valence-corrected chi connectivity index (χ4v) is 3.12. The van der Waals surface area contributed by atoms with E-state index in [0.717, 1.165) is 5.56 Å². The van der Waals surface area contributed by atoms with Crippen molar-refractivity contribution in [3.63, 3.8) is 0 Å². The molecule has 0 bridgehead atoms. The van der Waals surface area contributed by atoms with Crippen molar-refractivity contribution in [3.8, 4) is 0 Å². The van der Waals surface area contributed by atoms with Gasteiger partial charge in [-0.05, 0) is 29.8 Å². The Labute approximate surface area is 122 Å². The average Bonchev–Trinajstić information content (AvgIpc) is 2.38. The molecule has 2 rings (SSSR count). The van der Waals surface area contributed by atoms with Crippen LogP contribution in [0, 0.1) is 5.82 Å². The van der Waals surface area contributed by atoms with Crippen LogP contribution in [0.1, 0.15) is 15.9 Å². The van der Waals surface area contributed by atoms with Crippen molar-refractivity contribution in [2.75, 3.05) is 0 Å². The Morgan fingerprint density at radius 1 is 1.42 bits per heavy atom. The smallest absolute Gasteiger partial charge is 0.338 e. The van der Waals surface area contributed by atoms with Crippen LogP contribution in [-0.4, -0.2) is 16.1 Å². The number of hydrogen-bond donors (Lipinski definition) is 1. The maximum atomic E-state index is 13.0. The number of carbonyl (C=O) groups is 1. The lowest BCUT2D eigenvalue weighted by molar-refractivity contribution is 0.0692. The van der Waals surface area contributed by atoms with Gasteiger partial charge in [0.1, 0.15) is 10.8 Å². The Hall–Kier alpha value is -1.40. The molecule has 0 aliphatic carbocycles. The van der Waals surface area contributed by atoms with Crippen molar-refractivity contribution >= 4 is 33.7 Å². The van der Waals surface area contributed by atoms with Gasteiger partial charge >= 0.3 is 5.97 Å². The van der Waals surface area contributed by atoms with E-state index in [1.54, 1.807) is 18.3 Å². The highest BCUT2D eigenvalue weighted by molar-refractivity contribution is 9.10. The molecule has 0 atom stereocenters. The number of benzene rings is 1. The van der Waals surface area contributed by atoms with Crippen molar-refractivity contribution in [2.45, 2.75) is 10.8 Å². The summed E-state index contributed by atoms with van der Waals surface area (Å²) >= 11 is 4.58.